The number of carbonyl (C=O) groups is 2. The number of hydrogen-bond donors (Lipinski definition) is 1. The molecule has 1 aromatic heterocycles. The fourth-order valence-corrected chi connectivity index (χ4v) is 8.39. The summed E-state index contributed by atoms with van der Waals surface area (Å²) < 4.78 is 134. The Labute approximate surface area is 326 Å². The highest BCUT2D eigenvalue weighted by molar-refractivity contribution is 9.10. The molecule has 0 atom stereocenters. The maximum atomic E-state index is 15.3. The van der Waals surface area contributed by atoms with Crippen molar-refractivity contribution in [2.75, 3.05) is 18.1 Å². The van der Waals surface area contributed by atoms with E-state index >= 15 is 4.39 Å². The Hall–Kier alpha value is -4.55. The Balaban J connectivity index is 1.71. The lowest BCUT2D eigenvalue weighted by molar-refractivity contribution is -0.138. The standard InChI is InChI=1S/C38H35BrF7N3O6S/c1-5-55-28-15-22(36(51)52)8-9-27(28)49(17-20-12-23(21-6-7-21)14-25(13-20)37(2,3)4)29(50)19-48(18-24-16-47-11-10-26(24)38(44,45)46)56(53,54)35-30(39)31(40)32(41)33(42)34(35)43/h8-16,21H,5-7,17-19H2,1-4H3,(H,51,52). The SMILES string of the molecule is CCOc1cc(C(=O)O)ccc1N(Cc1cc(C2CC2)cc(C(C)(C)C)c1)C(=O)CN(Cc1cnccc1C(F)(F)F)S(=O)(=O)c1c(F)c(F)c(F)c(F)c1Br. The molecule has 56 heavy (non-hydrogen) atoms. The van der Waals surface area contributed by atoms with Crippen molar-refractivity contribution < 1.29 is 58.6 Å². The molecule has 300 valence electrons. The molecule has 0 saturated heterocycles. The van der Waals surface area contributed by atoms with E-state index in [-0.39, 0.29) is 45.8 Å². The molecule has 1 aliphatic carbocycles. The van der Waals surface area contributed by atoms with Gasteiger partial charge < -0.3 is 14.7 Å². The molecule has 1 N–H and O–H groups in total. The van der Waals surface area contributed by atoms with Crippen LogP contribution in [-0.4, -0.2) is 47.8 Å². The highest BCUT2D eigenvalue weighted by Crippen LogP contribution is 2.43. The molecule has 1 heterocycles. The summed E-state index contributed by atoms with van der Waals surface area (Å²) in [6.07, 6.45) is -1.83. The number of rotatable bonds is 13. The van der Waals surface area contributed by atoms with E-state index < -0.39 is 84.9 Å². The van der Waals surface area contributed by atoms with Crippen LogP contribution < -0.4 is 9.64 Å². The molecule has 0 spiro atoms. The maximum absolute atomic E-state index is 15.3. The number of ether oxygens (including phenoxy) is 1. The summed E-state index contributed by atoms with van der Waals surface area (Å²) in [5.41, 5.74) is -0.513. The summed E-state index contributed by atoms with van der Waals surface area (Å²) in [7, 11) is -5.73. The minimum absolute atomic E-state index is 0.0276. The third-order valence-electron chi connectivity index (χ3n) is 9.00. The summed E-state index contributed by atoms with van der Waals surface area (Å²) in [6, 6.07) is 9.72. The van der Waals surface area contributed by atoms with E-state index in [1.54, 1.807) is 6.92 Å². The molecule has 1 aliphatic rings. The van der Waals surface area contributed by atoms with Gasteiger partial charge in [0.15, 0.2) is 23.3 Å². The average molecular weight is 875 g/mol. The molecule has 0 bridgehead atoms. The Bertz CT molecular complexity index is 2270. The van der Waals surface area contributed by atoms with Gasteiger partial charge in [0.2, 0.25) is 15.9 Å². The third kappa shape index (κ3) is 9.02. The monoisotopic (exact) mass is 873 g/mol. The normalized spacial score (nSPS) is 13.6. The molecule has 18 heteroatoms. The van der Waals surface area contributed by atoms with E-state index in [1.807, 2.05) is 39.0 Å². The van der Waals surface area contributed by atoms with E-state index in [0.717, 1.165) is 47.2 Å². The first kappa shape index (κ1) is 42.6. The zero-order valence-corrected chi connectivity index (χ0v) is 32.7. The molecular weight excluding hydrogens is 839 g/mol. The highest BCUT2D eigenvalue weighted by Gasteiger charge is 2.40. The van der Waals surface area contributed by atoms with E-state index in [0.29, 0.717) is 17.8 Å². The van der Waals surface area contributed by atoms with Crippen LogP contribution in [0.1, 0.15) is 84.6 Å². The molecular formula is C38H35BrF7N3O6S. The summed E-state index contributed by atoms with van der Waals surface area (Å²) in [5, 5.41) is 9.68. The van der Waals surface area contributed by atoms with Gasteiger partial charge in [-0.2, -0.15) is 17.5 Å². The molecule has 9 nitrogen and oxygen atoms in total. The minimum atomic E-state index is -5.73. The van der Waals surface area contributed by atoms with Gasteiger partial charge in [-0.25, -0.2) is 30.8 Å². The summed E-state index contributed by atoms with van der Waals surface area (Å²) >= 11 is 2.44. The van der Waals surface area contributed by atoms with Crippen molar-refractivity contribution in [1.82, 2.24) is 9.29 Å². The Morgan fingerprint density at radius 2 is 1.61 bits per heavy atom. The molecule has 5 rings (SSSR count). The molecule has 1 amide bonds. The quantitative estimate of drug-likeness (QED) is 0.0810. The van der Waals surface area contributed by atoms with E-state index in [9.17, 15) is 49.5 Å². The van der Waals surface area contributed by atoms with Gasteiger partial charge in [-0.1, -0.05) is 39.0 Å². The van der Waals surface area contributed by atoms with Crippen LogP contribution in [0.25, 0.3) is 0 Å². The Kier molecular flexibility index (Phi) is 12.3. The van der Waals surface area contributed by atoms with Crippen LogP contribution in [0.15, 0.2) is 64.2 Å². The molecule has 0 radical (unpaired) electrons. The first-order chi connectivity index (χ1) is 26.1. The van der Waals surface area contributed by atoms with Gasteiger partial charge in [0.05, 0.1) is 41.0 Å². The number of amides is 1. The number of carboxylic acid groups (broad SMARTS) is 1. The zero-order chi connectivity index (χ0) is 41.5. The number of alkyl halides is 3. The van der Waals surface area contributed by atoms with Crippen LogP contribution in [0.4, 0.5) is 36.4 Å². The number of benzene rings is 3. The second-order valence-corrected chi connectivity index (χ2v) is 16.8. The van der Waals surface area contributed by atoms with Crippen molar-refractivity contribution in [3.8, 4) is 5.75 Å². The lowest BCUT2D eigenvalue weighted by Gasteiger charge is -2.30. The first-order valence-electron chi connectivity index (χ1n) is 17.0. The number of nitrogens with zero attached hydrogens (tertiary/aromatic N) is 3. The predicted molar refractivity (Wildman–Crippen MR) is 194 cm³/mol. The largest absolute Gasteiger partial charge is 0.492 e. The summed E-state index contributed by atoms with van der Waals surface area (Å²) in [4.78, 5) is 29.4. The number of aromatic carboxylic acids is 1. The van der Waals surface area contributed by atoms with Crippen LogP contribution in [0.5, 0.6) is 5.75 Å². The van der Waals surface area contributed by atoms with Crippen LogP contribution in [0.3, 0.4) is 0 Å². The van der Waals surface area contributed by atoms with Crippen molar-refractivity contribution in [1.29, 1.82) is 0 Å². The average Bonchev–Trinajstić information content (AvgIpc) is 3.97. The number of hydrogen-bond acceptors (Lipinski definition) is 6. The van der Waals surface area contributed by atoms with Crippen LogP contribution in [0.2, 0.25) is 0 Å². The van der Waals surface area contributed by atoms with E-state index in [1.165, 1.54) is 6.07 Å². The Morgan fingerprint density at radius 1 is 0.946 bits per heavy atom. The first-order valence-corrected chi connectivity index (χ1v) is 19.3. The minimum Gasteiger partial charge on any atom is -0.492 e. The molecule has 1 saturated carbocycles. The van der Waals surface area contributed by atoms with E-state index in [2.05, 4.69) is 20.9 Å². The van der Waals surface area contributed by atoms with Crippen molar-refractivity contribution in [3.63, 3.8) is 0 Å². The summed E-state index contributed by atoms with van der Waals surface area (Å²) in [6.45, 7) is 4.42. The number of carboxylic acids is 1. The smallest absolute Gasteiger partial charge is 0.416 e. The molecule has 0 aliphatic heterocycles. The van der Waals surface area contributed by atoms with Gasteiger partial charge in [-0.3, -0.25) is 9.78 Å². The van der Waals surface area contributed by atoms with E-state index in [4.69, 9.17) is 4.74 Å². The van der Waals surface area contributed by atoms with Crippen molar-refractivity contribution >= 4 is 43.5 Å². The van der Waals surface area contributed by atoms with Crippen LogP contribution >= 0.6 is 15.9 Å². The molecule has 4 aromatic rings. The number of halogens is 8. The highest BCUT2D eigenvalue weighted by atomic mass is 79.9. The fraction of sp³-hybridized carbons (Fsp3) is 0.342. The van der Waals surface area contributed by atoms with Crippen molar-refractivity contribution in [2.24, 2.45) is 0 Å². The number of pyridine rings is 1. The van der Waals surface area contributed by atoms with Crippen molar-refractivity contribution in [3.05, 3.63) is 116 Å². The third-order valence-corrected chi connectivity index (χ3v) is 11.8. The Morgan fingerprint density at radius 3 is 2.20 bits per heavy atom. The van der Waals surface area contributed by atoms with Gasteiger partial charge in [0.1, 0.15) is 10.6 Å². The second kappa shape index (κ2) is 16.1. The van der Waals surface area contributed by atoms with Crippen LogP contribution in [0, 0.1) is 23.3 Å². The van der Waals surface area contributed by atoms with Gasteiger partial charge in [-0.05, 0) is 93.5 Å². The fourth-order valence-electron chi connectivity index (χ4n) is 5.95. The number of carbonyl (C=O) groups excluding carboxylic acids is 1. The van der Waals surface area contributed by atoms with Crippen LogP contribution in [-0.2, 0) is 39.5 Å². The molecule has 0 unspecified atom stereocenters. The predicted octanol–water partition coefficient (Wildman–Crippen LogP) is 9.12. The van der Waals surface area contributed by atoms with Gasteiger partial charge in [0.25, 0.3) is 0 Å². The number of aromatic nitrogens is 1. The molecule has 3 aromatic carbocycles. The summed E-state index contributed by atoms with van der Waals surface area (Å²) in [5.74, 6) is -11.9. The van der Waals surface area contributed by atoms with Gasteiger partial charge in [-0.15, -0.1) is 0 Å². The maximum Gasteiger partial charge on any atom is 0.416 e. The zero-order valence-electron chi connectivity index (χ0n) is 30.3. The topological polar surface area (TPSA) is 117 Å². The number of anilines is 1. The van der Waals surface area contributed by atoms with Crippen molar-refractivity contribution in [2.45, 2.75) is 76.0 Å². The van der Waals surface area contributed by atoms with Gasteiger partial charge >= 0.3 is 12.1 Å². The molecule has 1 fully saturated rings. The van der Waals surface area contributed by atoms with Gasteiger partial charge in [0, 0.05) is 18.9 Å². The lowest BCUT2D eigenvalue weighted by atomic mass is 9.84. The second-order valence-electron chi connectivity index (χ2n) is 14.1. The lowest BCUT2D eigenvalue weighted by Crippen LogP contribution is -2.43. The number of sulfonamides is 1.